The van der Waals surface area contributed by atoms with E-state index in [9.17, 15) is 9.59 Å². The first kappa shape index (κ1) is 20.2. The van der Waals surface area contributed by atoms with Crippen molar-refractivity contribution in [2.24, 2.45) is 0 Å². The van der Waals surface area contributed by atoms with Gasteiger partial charge in [0.2, 0.25) is 0 Å². The maximum atomic E-state index is 12.7. The summed E-state index contributed by atoms with van der Waals surface area (Å²) in [6.07, 6.45) is 5.96. The van der Waals surface area contributed by atoms with E-state index in [4.69, 9.17) is 11.6 Å². The second-order valence-corrected chi connectivity index (χ2v) is 7.96. The smallest absolute Gasteiger partial charge is 0.259 e. The second kappa shape index (κ2) is 8.71. The number of aromatic nitrogens is 2. The largest absolute Gasteiger partial charge is 0.349 e. The molecule has 2 aromatic carbocycles. The van der Waals surface area contributed by atoms with E-state index >= 15 is 0 Å². The van der Waals surface area contributed by atoms with Gasteiger partial charge in [-0.15, -0.1) is 0 Å². The quantitative estimate of drug-likeness (QED) is 0.622. The number of carbonyl (C=O) groups excluding carboxylic acids is 2. The summed E-state index contributed by atoms with van der Waals surface area (Å²) in [5.41, 5.74) is 3.18. The zero-order valence-corrected chi connectivity index (χ0v) is 17.4. The number of nitrogens with one attached hydrogen (secondary N) is 2. The third kappa shape index (κ3) is 4.39. The third-order valence-corrected chi connectivity index (χ3v) is 5.64. The monoisotopic (exact) mass is 422 g/mol. The number of carbonyl (C=O) groups is 2. The highest BCUT2D eigenvalue weighted by Gasteiger charge is 2.18. The zero-order valence-electron chi connectivity index (χ0n) is 16.7. The fraction of sp³-hybridized carbons (Fsp3) is 0.261. The summed E-state index contributed by atoms with van der Waals surface area (Å²) in [4.78, 5) is 25.1. The van der Waals surface area contributed by atoms with Crippen LogP contribution < -0.4 is 10.6 Å². The molecule has 1 saturated carbocycles. The van der Waals surface area contributed by atoms with Crippen LogP contribution >= 0.6 is 11.6 Å². The Bertz CT molecular complexity index is 1070. The molecule has 1 heterocycles. The fourth-order valence-corrected chi connectivity index (χ4v) is 3.93. The Morgan fingerprint density at radius 3 is 2.50 bits per heavy atom. The molecule has 0 unspecified atom stereocenters. The van der Waals surface area contributed by atoms with Crippen molar-refractivity contribution in [1.29, 1.82) is 0 Å². The first-order chi connectivity index (χ1) is 14.5. The molecule has 2 N–H and O–H groups in total. The van der Waals surface area contributed by atoms with Crippen LogP contribution in [0.2, 0.25) is 5.02 Å². The van der Waals surface area contributed by atoms with Gasteiger partial charge in [0.1, 0.15) is 0 Å². The zero-order chi connectivity index (χ0) is 21.1. The number of anilines is 1. The molecule has 0 saturated heterocycles. The number of hydrogen-bond acceptors (Lipinski definition) is 3. The summed E-state index contributed by atoms with van der Waals surface area (Å²) >= 11 is 6.06. The number of benzene rings is 2. The molecule has 7 heteroatoms. The molecule has 2 amide bonds. The van der Waals surface area contributed by atoms with E-state index in [0.717, 1.165) is 18.5 Å². The molecule has 4 rings (SSSR count). The van der Waals surface area contributed by atoms with Crippen LogP contribution in [0.15, 0.2) is 54.7 Å². The molecule has 1 fully saturated rings. The van der Waals surface area contributed by atoms with Gasteiger partial charge in [0.15, 0.2) is 0 Å². The minimum Gasteiger partial charge on any atom is -0.349 e. The van der Waals surface area contributed by atoms with Crippen molar-refractivity contribution in [1.82, 2.24) is 15.1 Å². The molecule has 0 atom stereocenters. The van der Waals surface area contributed by atoms with Crippen LogP contribution in [-0.4, -0.2) is 27.6 Å². The Kier molecular flexibility index (Phi) is 5.86. The standard InChI is InChI=1S/C23H23ClN4O2/c1-15-21(14-25-28(15)20-8-4-5-17(24)13-20)23(30)27-19-11-9-16(10-12-19)22(29)26-18-6-2-3-7-18/h4-5,8-14,18H,2-3,6-7H2,1H3,(H,26,29)(H,27,30). The van der Waals surface area contributed by atoms with Gasteiger partial charge in [-0.25, -0.2) is 4.68 Å². The lowest BCUT2D eigenvalue weighted by Gasteiger charge is -2.12. The number of rotatable bonds is 5. The van der Waals surface area contributed by atoms with Crippen LogP contribution in [0.4, 0.5) is 5.69 Å². The first-order valence-corrected chi connectivity index (χ1v) is 10.4. The van der Waals surface area contributed by atoms with Gasteiger partial charge >= 0.3 is 0 Å². The highest BCUT2D eigenvalue weighted by Crippen LogP contribution is 2.20. The van der Waals surface area contributed by atoms with Gasteiger partial charge < -0.3 is 10.6 Å². The highest BCUT2D eigenvalue weighted by molar-refractivity contribution is 6.30. The molecule has 0 aliphatic heterocycles. The normalized spacial score (nSPS) is 13.9. The number of amides is 2. The SMILES string of the molecule is Cc1c(C(=O)Nc2ccc(C(=O)NC3CCCC3)cc2)cnn1-c1cccc(Cl)c1. The third-order valence-electron chi connectivity index (χ3n) is 5.40. The van der Waals surface area contributed by atoms with Crippen molar-refractivity contribution < 1.29 is 9.59 Å². The molecular formula is C23H23ClN4O2. The molecule has 6 nitrogen and oxygen atoms in total. The Morgan fingerprint density at radius 2 is 1.80 bits per heavy atom. The molecule has 1 aliphatic rings. The average Bonchev–Trinajstić information content (AvgIpc) is 3.38. The van der Waals surface area contributed by atoms with Gasteiger partial charge in [-0.3, -0.25) is 9.59 Å². The summed E-state index contributed by atoms with van der Waals surface area (Å²) in [6, 6.07) is 14.5. The Balaban J connectivity index is 1.43. The first-order valence-electron chi connectivity index (χ1n) is 10.0. The van der Waals surface area contributed by atoms with Gasteiger partial charge in [0.25, 0.3) is 11.8 Å². The summed E-state index contributed by atoms with van der Waals surface area (Å²) in [5, 5.41) is 10.9. The lowest BCUT2D eigenvalue weighted by Crippen LogP contribution is -2.32. The minimum absolute atomic E-state index is 0.0709. The number of nitrogens with zero attached hydrogens (tertiary/aromatic N) is 2. The fourth-order valence-electron chi connectivity index (χ4n) is 3.74. The summed E-state index contributed by atoms with van der Waals surface area (Å²) in [6.45, 7) is 1.83. The van der Waals surface area contributed by atoms with Crippen LogP contribution in [0.1, 0.15) is 52.1 Å². The predicted molar refractivity (Wildman–Crippen MR) is 117 cm³/mol. The Hall–Kier alpha value is -3.12. The number of halogens is 1. The van der Waals surface area contributed by atoms with Crippen molar-refractivity contribution >= 4 is 29.1 Å². The van der Waals surface area contributed by atoms with Gasteiger partial charge in [-0.2, -0.15) is 5.10 Å². The molecule has 30 heavy (non-hydrogen) atoms. The van der Waals surface area contributed by atoms with E-state index in [0.29, 0.717) is 27.5 Å². The number of hydrogen-bond donors (Lipinski definition) is 2. The molecule has 0 spiro atoms. The molecule has 1 aromatic heterocycles. The van der Waals surface area contributed by atoms with E-state index in [1.165, 1.54) is 19.0 Å². The summed E-state index contributed by atoms with van der Waals surface area (Å²) < 4.78 is 1.68. The molecule has 0 radical (unpaired) electrons. The Morgan fingerprint density at radius 1 is 1.07 bits per heavy atom. The van der Waals surface area contributed by atoms with Crippen molar-refractivity contribution in [3.63, 3.8) is 0 Å². The topological polar surface area (TPSA) is 76.0 Å². The molecule has 1 aliphatic carbocycles. The molecule has 3 aromatic rings. The van der Waals surface area contributed by atoms with Crippen LogP contribution in [0.3, 0.4) is 0 Å². The predicted octanol–water partition coefficient (Wildman–Crippen LogP) is 4.76. The Labute approximate surface area is 180 Å². The van der Waals surface area contributed by atoms with E-state index in [-0.39, 0.29) is 17.9 Å². The molecule has 0 bridgehead atoms. The maximum Gasteiger partial charge on any atom is 0.259 e. The summed E-state index contributed by atoms with van der Waals surface area (Å²) in [7, 11) is 0. The van der Waals surface area contributed by atoms with E-state index in [1.807, 2.05) is 19.1 Å². The average molecular weight is 423 g/mol. The van der Waals surface area contributed by atoms with Crippen LogP contribution in [0, 0.1) is 6.92 Å². The van der Waals surface area contributed by atoms with Crippen molar-refractivity contribution in [3.8, 4) is 5.69 Å². The second-order valence-electron chi connectivity index (χ2n) is 7.52. The van der Waals surface area contributed by atoms with Gasteiger partial charge in [-0.05, 0) is 62.2 Å². The molecule has 154 valence electrons. The van der Waals surface area contributed by atoms with Crippen molar-refractivity contribution in [2.45, 2.75) is 38.6 Å². The van der Waals surface area contributed by atoms with E-state index in [1.54, 1.807) is 41.1 Å². The van der Waals surface area contributed by atoms with Crippen molar-refractivity contribution in [2.75, 3.05) is 5.32 Å². The van der Waals surface area contributed by atoms with Gasteiger partial charge in [0.05, 0.1) is 23.1 Å². The highest BCUT2D eigenvalue weighted by atomic mass is 35.5. The van der Waals surface area contributed by atoms with Crippen LogP contribution in [-0.2, 0) is 0 Å². The lowest BCUT2D eigenvalue weighted by atomic mass is 10.1. The molecular weight excluding hydrogens is 400 g/mol. The summed E-state index contributed by atoms with van der Waals surface area (Å²) in [5.74, 6) is -0.331. The maximum absolute atomic E-state index is 12.7. The van der Waals surface area contributed by atoms with Crippen molar-refractivity contribution in [3.05, 3.63) is 76.6 Å². The minimum atomic E-state index is -0.260. The van der Waals surface area contributed by atoms with Crippen LogP contribution in [0.5, 0.6) is 0 Å². The van der Waals surface area contributed by atoms with Gasteiger partial charge in [-0.1, -0.05) is 30.5 Å². The van der Waals surface area contributed by atoms with E-state index in [2.05, 4.69) is 15.7 Å². The lowest BCUT2D eigenvalue weighted by molar-refractivity contribution is 0.0937. The van der Waals surface area contributed by atoms with Crippen LogP contribution in [0.25, 0.3) is 5.69 Å². The van der Waals surface area contributed by atoms with Gasteiger partial charge in [0, 0.05) is 22.3 Å². The van der Waals surface area contributed by atoms with E-state index < -0.39 is 0 Å².